The Morgan fingerprint density at radius 1 is 0.600 bits per heavy atom. The topological polar surface area (TPSA) is 14.2 Å². The summed E-state index contributed by atoms with van der Waals surface area (Å²) in [5, 5.41) is 0. The van der Waals surface area contributed by atoms with E-state index in [0.29, 0.717) is 0 Å². The predicted octanol–water partition coefficient (Wildman–Crippen LogP) is 0.740. The van der Waals surface area contributed by atoms with E-state index < -0.39 is 0 Å². The minimum Gasteiger partial charge on any atom is -0.250 e. The van der Waals surface area contributed by atoms with E-state index in [9.17, 15) is 0 Å². The molecular formula is C16H24N4+2. The van der Waals surface area contributed by atoms with Gasteiger partial charge in [-0.3, -0.25) is 0 Å². The van der Waals surface area contributed by atoms with Crippen molar-refractivity contribution in [2.24, 2.45) is 0 Å². The molecule has 0 aliphatic rings. The van der Waals surface area contributed by atoms with E-state index in [2.05, 4.69) is 82.1 Å². The van der Waals surface area contributed by atoms with E-state index in [4.69, 9.17) is 0 Å². The van der Waals surface area contributed by atoms with Gasteiger partial charge in [0, 0.05) is 37.4 Å². The van der Waals surface area contributed by atoms with Crippen molar-refractivity contribution < 1.29 is 9.13 Å². The van der Waals surface area contributed by atoms with Crippen molar-refractivity contribution in [3.63, 3.8) is 0 Å². The minimum absolute atomic E-state index is 0.924. The zero-order valence-electron chi connectivity index (χ0n) is 12.4. The molecular weight excluding hydrogens is 248 g/mol. The van der Waals surface area contributed by atoms with Crippen LogP contribution in [0, 0.1) is 0 Å². The van der Waals surface area contributed by atoms with Gasteiger partial charge in [-0.2, -0.15) is 9.13 Å². The van der Waals surface area contributed by atoms with Crippen LogP contribution in [0.2, 0.25) is 0 Å². The molecule has 4 nitrogen and oxygen atoms in total. The van der Waals surface area contributed by atoms with Crippen LogP contribution in [0.15, 0.2) is 61.2 Å². The molecule has 0 saturated heterocycles. The lowest BCUT2D eigenvalue weighted by atomic mass is 10.4. The lowest BCUT2D eigenvalue weighted by molar-refractivity contribution is -0.717. The standard InChI is InChI=1S/C16H24N4/c1-17(15-19-9-5-3-6-10-19)13-14-18(2)16-20-11-7-4-8-12-20/h3-12H,13-16H2,1-2H3/q+2. The molecule has 20 heavy (non-hydrogen) atoms. The van der Waals surface area contributed by atoms with E-state index in [-0.39, 0.29) is 0 Å². The molecule has 4 heteroatoms. The Bertz CT molecular complexity index is 439. The molecule has 0 amide bonds. The first-order valence-corrected chi connectivity index (χ1v) is 6.99. The first-order valence-electron chi connectivity index (χ1n) is 6.99. The normalized spacial score (nSPS) is 11.2. The van der Waals surface area contributed by atoms with Crippen molar-refractivity contribution >= 4 is 0 Å². The summed E-state index contributed by atoms with van der Waals surface area (Å²) in [7, 11) is 4.31. The zero-order chi connectivity index (χ0) is 14.2. The summed E-state index contributed by atoms with van der Waals surface area (Å²) < 4.78 is 4.37. The second-order valence-electron chi connectivity index (χ2n) is 5.22. The Kier molecular flexibility index (Phi) is 5.65. The number of hydrogen-bond donors (Lipinski definition) is 0. The highest BCUT2D eigenvalue weighted by atomic mass is 15.3. The Labute approximate surface area is 121 Å². The van der Waals surface area contributed by atoms with Crippen molar-refractivity contribution in [1.29, 1.82) is 0 Å². The molecule has 0 N–H and O–H groups in total. The van der Waals surface area contributed by atoms with Crippen molar-refractivity contribution in [1.82, 2.24) is 9.80 Å². The van der Waals surface area contributed by atoms with Crippen LogP contribution in [-0.2, 0) is 13.3 Å². The molecule has 2 aromatic heterocycles. The van der Waals surface area contributed by atoms with Crippen LogP contribution >= 0.6 is 0 Å². The summed E-state index contributed by atoms with van der Waals surface area (Å²) in [5.74, 6) is 0. The summed E-state index contributed by atoms with van der Waals surface area (Å²) in [5.41, 5.74) is 0. The van der Waals surface area contributed by atoms with E-state index in [0.717, 1.165) is 26.4 Å². The van der Waals surface area contributed by atoms with E-state index >= 15 is 0 Å². The minimum atomic E-state index is 0.924. The highest BCUT2D eigenvalue weighted by Gasteiger charge is 2.08. The third-order valence-electron chi connectivity index (χ3n) is 3.23. The maximum absolute atomic E-state index is 2.33. The number of aromatic nitrogens is 2. The molecule has 0 fully saturated rings. The maximum Gasteiger partial charge on any atom is 0.204 e. The summed E-state index contributed by atoms with van der Waals surface area (Å²) in [4.78, 5) is 4.65. The number of pyridine rings is 2. The second-order valence-corrected chi connectivity index (χ2v) is 5.22. The van der Waals surface area contributed by atoms with Gasteiger partial charge in [-0.25, -0.2) is 9.80 Å². The van der Waals surface area contributed by atoms with Crippen LogP contribution in [0.4, 0.5) is 0 Å². The lowest BCUT2D eigenvalue weighted by Crippen LogP contribution is -2.46. The van der Waals surface area contributed by atoms with Gasteiger partial charge in [0.25, 0.3) is 0 Å². The van der Waals surface area contributed by atoms with Gasteiger partial charge < -0.3 is 0 Å². The third kappa shape index (κ3) is 5.07. The van der Waals surface area contributed by atoms with Gasteiger partial charge in [0.2, 0.25) is 13.3 Å². The lowest BCUT2D eigenvalue weighted by Gasteiger charge is -2.17. The molecule has 0 aliphatic heterocycles. The van der Waals surface area contributed by atoms with Crippen LogP contribution in [0.3, 0.4) is 0 Å². The average molecular weight is 272 g/mol. The Hall–Kier alpha value is -1.78. The molecule has 2 heterocycles. The molecule has 0 aliphatic carbocycles. The molecule has 0 unspecified atom stereocenters. The fourth-order valence-corrected chi connectivity index (χ4v) is 2.10. The van der Waals surface area contributed by atoms with Crippen LogP contribution in [-0.4, -0.2) is 37.0 Å². The molecule has 2 rings (SSSR count). The molecule has 0 atom stereocenters. The van der Waals surface area contributed by atoms with E-state index in [1.54, 1.807) is 0 Å². The summed E-state index contributed by atoms with van der Waals surface area (Å²) in [6.45, 7) is 3.94. The van der Waals surface area contributed by atoms with Gasteiger partial charge in [-0.15, -0.1) is 0 Å². The van der Waals surface area contributed by atoms with Crippen molar-refractivity contribution in [2.75, 3.05) is 27.2 Å². The zero-order valence-corrected chi connectivity index (χ0v) is 12.4. The molecule has 0 bridgehead atoms. The van der Waals surface area contributed by atoms with Gasteiger partial charge >= 0.3 is 0 Å². The van der Waals surface area contributed by atoms with Gasteiger partial charge in [0.05, 0.1) is 0 Å². The first-order chi connectivity index (χ1) is 9.74. The molecule has 2 aromatic rings. The Morgan fingerprint density at radius 2 is 0.950 bits per heavy atom. The quantitative estimate of drug-likeness (QED) is 0.690. The van der Waals surface area contributed by atoms with E-state index in [1.807, 2.05) is 12.1 Å². The fourth-order valence-electron chi connectivity index (χ4n) is 2.10. The number of hydrogen-bond acceptors (Lipinski definition) is 2. The third-order valence-corrected chi connectivity index (χ3v) is 3.23. The maximum atomic E-state index is 2.33. The molecule has 0 spiro atoms. The molecule has 0 radical (unpaired) electrons. The second kappa shape index (κ2) is 7.72. The molecule has 0 saturated carbocycles. The fraction of sp³-hybridized carbons (Fsp3) is 0.375. The summed E-state index contributed by atoms with van der Waals surface area (Å²) in [6, 6.07) is 12.3. The SMILES string of the molecule is CN(CCN(C)C[n+]1ccccc1)C[n+]1ccccc1. The Morgan fingerprint density at radius 3 is 1.30 bits per heavy atom. The summed E-state index contributed by atoms with van der Waals surface area (Å²) in [6.07, 6.45) is 8.39. The van der Waals surface area contributed by atoms with Crippen LogP contribution in [0.5, 0.6) is 0 Å². The summed E-state index contributed by atoms with van der Waals surface area (Å²) >= 11 is 0. The van der Waals surface area contributed by atoms with Crippen LogP contribution in [0.25, 0.3) is 0 Å². The highest BCUT2D eigenvalue weighted by molar-refractivity contribution is 4.84. The van der Waals surface area contributed by atoms with Gasteiger partial charge in [0.1, 0.15) is 0 Å². The first kappa shape index (κ1) is 14.6. The number of likely N-dealkylation sites (N-methyl/N-ethyl adjacent to an activating group) is 2. The van der Waals surface area contributed by atoms with Gasteiger partial charge in [-0.05, 0) is 14.1 Å². The number of nitrogens with zero attached hydrogens (tertiary/aromatic N) is 4. The smallest absolute Gasteiger partial charge is 0.204 e. The predicted molar refractivity (Wildman–Crippen MR) is 78.5 cm³/mol. The van der Waals surface area contributed by atoms with Gasteiger partial charge in [-0.1, -0.05) is 12.1 Å². The number of rotatable bonds is 7. The van der Waals surface area contributed by atoms with Crippen molar-refractivity contribution in [3.8, 4) is 0 Å². The molecule has 106 valence electrons. The molecule has 0 aromatic carbocycles. The van der Waals surface area contributed by atoms with Crippen LogP contribution < -0.4 is 9.13 Å². The van der Waals surface area contributed by atoms with Crippen molar-refractivity contribution in [3.05, 3.63) is 61.2 Å². The average Bonchev–Trinajstić information content (AvgIpc) is 2.47. The highest BCUT2D eigenvalue weighted by Crippen LogP contribution is 1.88. The monoisotopic (exact) mass is 272 g/mol. The van der Waals surface area contributed by atoms with E-state index in [1.165, 1.54) is 0 Å². The van der Waals surface area contributed by atoms with Gasteiger partial charge in [0.15, 0.2) is 24.8 Å². The van der Waals surface area contributed by atoms with Crippen molar-refractivity contribution in [2.45, 2.75) is 13.3 Å². The largest absolute Gasteiger partial charge is 0.250 e. The van der Waals surface area contributed by atoms with Crippen LogP contribution in [0.1, 0.15) is 0 Å². The Balaban J connectivity index is 1.71.